The zero-order valence-corrected chi connectivity index (χ0v) is 9.01. The Labute approximate surface area is 82.0 Å². The van der Waals surface area contributed by atoms with Gasteiger partial charge in [0.1, 0.15) is 0 Å². The zero-order chi connectivity index (χ0) is 9.52. The van der Waals surface area contributed by atoms with E-state index in [-0.39, 0.29) is 0 Å². The Bertz CT molecular complexity index is 121. The molecule has 13 heavy (non-hydrogen) atoms. The van der Waals surface area contributed by atoms with Crippen LogP contribution in [0.1, 0.15) is 39.5 Å². The molecular formula is C11H23NO. The molecule has 1 atom stereocenters. The molecule has 0 amide bonds. The molecule has 0 bridgehead atoms. The summed E-state index contributed by atoms with van der Waals surface area (Å²) in [5.41, 5.74) is 0. The molecular weight excluding hydrogens is 162 g/mol. The number of nitrogens with one attached hydrogen (secondary N) is 1. The molecule has 0 unspecified atom stereocenters. The predicted molar refractivity (Wildman–Crippen MR) is 55.9 cm³/mol. The monoisotopic (exact) mass is 185 g/mol. The quantitative estimate of drug-likeness (QED) is 0.640. The predicted octanol–water partition coefficient (Wildman–Crippen LogP) is 2.19. The van der Waals surface area contributed by atoms with E-state index in [1.165, 1.54) is 25.7 Å². The maximum absolute atomic E-state index is 5.28. The van der Waals surface area contributed by atoms with Crippen molar-refractivity contribution in [3.8, 4) is 0 Å². The first kappa shape index (κ1) is 11.0. The maximum atomic E-state index is 5.28. The van der Waals surface area contributed by atoms with Crippen LogP contribution in [0.3, 0.4) is 0 Å². The fourth-order valence-electron chi connectivity index (χ4n) is 2.13. The summed E-state index contributed by atoms with van der Waals surface area (Å²) in [6.07, 6.45) is 5.70. The third-order valence-electron chi connectivity index (χ3n) is 3.02. The van der Waals surface area contributed by atoms with Gasteiger partial charge in [0.05, 0.1) is 6.61 Å². The minimum absolute atomic E-state index is 0.683. The number of hydrogen-bond acceptors (Lipinski definition) is 2. The van der Waals surface area contributed by atoms with Crippen molar-refractivity contribution in [1.82, 2.24) is 5.32 Å². The third kappa shape index (κ3) is 4.10. The Balaban J connectivity index is 1.99. The van der Waals surface area contributed by atoms with Crippen LogP contribution in [0.5, 0.6) is 0 Å². The van der Waals surface area contributed by atoms with Crippen LogP contribution >= 0.6 is 0 Å². The van der Waals surface area contributed by atoms with Crippen LogP contribution < -0.4 is 5.32 Å². The van der Waals surface area contributed by atoms with E-state index in [1.54, 1.807) is 0 Å². The van der Waals surface area contributed by atoms with Crippen molar-refractivity contribution >= 4 is 0 Å². The molecule has 0 radical (unpaired) electrons. The van der Waals surface area contributed by atoms with E-state index in [9.17, 15) is 0 Å². The Morgan fingerprint density at radius 1 is 1.38 bits per heavy atom. The van der Waals surface area contributed by atoms with Crippen LogP contribution in [0.15, 0.2) is 0 Å². The molecule has 0 heterocycles. The standard InChI is InChI=1S/C11H23NO/c1-3-13-9-8-12-10(2)11-6-4-5-7-11/h10-12H,3-9H2,1-2H3/t10-/m1/s1. The zero-order valence-electron chi connectivity index (χ0n) is 9.01. The van der Waals surface area contributed by atoms with Crippen LogP contribution in [-0.2, 0) is 4.74 Å². The summed E-state index contributed by atoms with van der Waals surface area (Å²) in [7, 11) is 0. The molecule has 1 aliphatic rings. The number of ether oxygens (including phenoxy) is 1. The second-order valence-corrected chi connectivity index (χ2v) is 3.98. The first-order valence-electron chi connectivity index (χ1n) is 5.65. The highest BCUT2D eigenvalue weighted by atomic mass is 16.5. The molecule has 1 N–H and O–H groups in total. The molecule has 0 aliphatic heterocycles. The van der Waals surface area contributed by atoms with Gasteiger partial charge < -0.3 is 10.1 Å². The van der Waals surface area contributed by atoms with Gasteiger partial charge in [-0.1, -0.05) is 12.8 Å². The van der Waals surface area contributed by atoms with Crippen LogP contribution in [0.2, 0.25) is 0 Å². The van der Waals surface area contributed by atoms with Gasteiger partial charge in [0, 0.05) is 19.2 Å². The highest BCUT2D eigenvalue weighted by Gasteiger charge is 2.20. The summed E-state index contributed by atoms with van der Waals surface area (Å²) in [6, 6.07) is 0.683. The maximum Gasteiger partial charge on any atom is 0.0590 e. The third-order valence-corrected chi connectivity index (χ3v) is 3.02. The van der Waals surface area contributed by atoms with E-state index >= 15 is 0 Å². The summed E-state index contributed by atoms with van der Waals surface area (Å²) in [5.74, 6) is 0.918. The van der Waals surface area contributed by atoms with E-state index in [4.69, 9.17) is 4.74 Å². The van der Waals surface area contributed by atoms with E-state index in [0.29, 0.717) is 6.04 Å². The van der Waals surface area contributed by atoms with Gasteiger partial charge in [-0.3, -0.25) is 0 Å². The fraction of sp³-hybridized carbons (Fsp3) is 1.00. The first-order valence-corrected chi connectivity index (χ1v) is 5.65. The SMILES string of the molecule is CCOCCN[C@H](C)C1CCCC1. The van der Waals surface area contributed by atoms with Gasteiger partial charge in [-0.25, -0.2) is 0 Å². The lowest BCUT2D eigenvalue weighted by Gasteiger charge is -2.20. The van der Waals surface area contributed by atoms with E-state index < -0.39 is 0 Å². The van der Waals surface area contributed by atoms with Crippen molar-refractivity contribution in [3.05, 3.63) is 0 Å². The summed E-state index contributed by atoms with van der Waals surface area (Å²) < 4.78 is 5.28. The van der Waals surface area contributed by atoms with E-state index in [0.717, 1.165) is 25.7 Å². The van der Waals surface area contributed by atoms with Crippen LogP contribution in [0.4, 0.5) is 0 Å². The van der Waals surface area contributed by atoms with Gasteiger partial charge >= 0.3 is 0 Å². The van der Waals surface area contributed by atoms with Crippen LogP contribution in [-0.4, -0.2) is 25.8 Å². The smallest absolute Gasteiger partial charge is 0.0590 e. The average Bonchev–Trinajstić information content (AvgIpc) is 2.65. The molecule has 1 rings (SSSR count). The van der Waals surface area contributed by atoms with Crippen molar-refractivity contribution in [2.45, 2.75) is 45.6 Å². The van der Waals surface area contributed by atoms with Crippen molar-refractivity contribution in [1.29, 1.82) is 0 Å². The Hall–Kier alpha value is -0.0800. The Kier molecular flexibility index (Phi) is 5.40. The van der Waals surface area contributed by atoms with Crippen molar-refractivity contribution in [2.75, 3.05) is 19.8 Å². The first-order chi connectivity index (χ1) is 6.34. The summed E-state index contributed by atoms with van der Waals surface area (Å²) in [4.78, 5) is 0. The average molecular weight is 185 g/mol. The van der Waals surface area contributed by atoms with Gasteiger partial charge in [0.15, 0.2) is 0 Å². The number of rotatable bonds is 6. The molecule has 0 aromatic rings. The molecule has 1 fully saturated rings. The molecule has 2 heteroatoms. The van der Waals surface area contributed by atoms with Crippen molar-refractivity contribution in [3.63, 3.8) is 0 Å². The fourth-order valence-corrected chi connectivity index (χ4v) is 2.13. The Morgan fingerprint density at radius 3 is 2.69 bits per heavy atom. The molecule has 0 saturated heterocycles. The van der Waals surface area contributed by atoms with E-state index in [2.05, 4.69) is 12.2 Å². The van der Waals surface area contributed by atoms with Crippen LogP contribution in [0, 0.1) is 5.92 Å². The normalized spacial score (nSPS) is 20.8. The second-order valence-electron chi connectivity index (χ2n) is 3.98. The van der Waals surface area contributed by atoms with Gasteiger partial charge in [-0.15, -0.1) is 0 Å². The highest BCUT2D eigenvalue weighted by molar-refractivity contribution is 4.76. The molecule has 0 aromatic carbocycles. The summed E-state index contributed by atoms with van der Waals surface area (Å²) in [5, 5.41) is 3.53. The second kappa shape index (κ2) is 6.39. The largest absolute Gasteiger partial charge is 0.380 e. The van der Waals surface area contributed by atoms with Gasteiger partial charge in [-0.2, -0.15) is 0 Å². The molecule has 0 spiro atoms. The van der Waals surface area contributed by atoms with Gasteiger partial charge in [0.25, 0.3) is 0 Å². The highest BCUT2D eigenvalue weighted by Crippen LogP contribution is 2.27. The minimum Gasteiger partial charge on any atom is -0.380 e. The topological polar surface area (TPSA) is 21.3 Å². The lowest BCUT2D eigenvalue weighted by molar-refractivity contribution is 0.145. The molecule has 2 nitrogen and oxygen atoms in total. The van der Waals surface area contributed by atoms with E-state index in [1.807, 2.05) is 6.92 Å². The van der Waals surface area contributed by atoms with Gasteiger partial charge in [-0.05, 0) is 32.6 Å². The number of hydrogen-bond donors (Lipinski definition) is 1. The lowest BCUT2D eigenvalue weighted by Crippen LogP contribution is -2.34. The van der Waals surface area contributed by atoms with Gasteiger partial charge in [0.2, 0.25) is 0 Å². The Morgan fingerprint density at radius 2 is 2.08 bits per heavy atom. The summed E-state index contributed by atoms with van der Waals surface area (Å²) >= 11 is 0. The molecule has 78 valence electrons. The lowest BCUT2D eigenvalue weighted by atomic mass is 10.00. The molecule has 0 aromatic heterocycles. The van der Waals surface area contributed by atoms with Crippen LogP contribution in [0.25, 0.3) is 0 Å². The van der Waals surface area contributed by atoms with Crippen molar-refractivity contribution < 1.29 is 4.74 Å². The minimum atomic E-state index is 0.683. The summed E-state index contributed by atoms with van der Waals surface area (Å²) in [6.45, 7) is 7.04. The van der Waals surface area contributed by atoms with Crippen molar-refractivity contribution in [2.24, 2.45) is 5.92 Å². The molecule has 1 aliphatic carbocycles. The molecule has 1 saturated carbocycles.